The number of hydrogen-bond acceptors (Lipinski definition) is 5. The Hall–Kier alpha value is -9.91. The van der Waals surface area contributed by atoms with Crippen molar-refractivity contribution in [3.8, 4) is 84.2 Å². The van der Waals surface area contributed by atoms with Crippen LogP contribution >= 0.6 is 0 Å². The van der Waals surface area contributed by atoms with Crippen molar-refractivity contribution in [1.29, 1.82) is 0 Å². The standard InChI is InChI=1S/C67H42N6/c1-3-11-50(12-4-1)66-56-31-32-62-64(55-17-9-10-18-61(55)73(62)52-13-5-2-6-14-52)65(56)63-54-16-8-7-15-53(54)57(41-60(63)70-66)47-23-29-51(30-24-47)67-71-58(48-25-19-43(20-26-48)45-33-37-68-38-34-45)42-59(72-67)49-27-21-44(22-28-49)46-35-39-69-40-36-46/h1-42H. The molecule has 0 bridgehead atoms. The Balaban J connectivity index is 0.936. The van der Waals surface area contributed by atoms with Crippen LogP contribution in [0.1, 0.15) is 0 Å². The van der Waals surface area contributed by atoms with E-state index in [1.54, 1.807) is 0 Å². The van der Waals surface area contributed by atoms with Gasteiger partial charge in [0, 0.05) is 79.7 Å². The second-order valence-electron chi connectivity index (χ2n) is 18.4. The molecule has 0 N–H and O–H groups in total. The maximum Gasteiger partial charge on any atom is 0.160 e. The Morgan fingerprint density at radius 3 is 1.42 bits per heavy atom. The van der Waals surface area contributed by atoms with Crippen LogP contribution in [0.2, 0.25) is 0 Å². The molecule has 0 radical (unpaired) electrons. The third-order valence-corrected chi connectivity index (χ3v) is 14.2. The first-order valence-corrected chi connectivity index (χ1v) is 24.5. The zero-order valence-corrected chi connectivity index (χ0v) is 39.4. The maximum absolute atomic E-state index is 5.62. The Kier molecular flexibility index (Phi) is 10.1. The van der Waals surface area contributed by atoms with Crippen LogP contribution in [0.25, 0.3) is 138 Å². The molecule has 0 saturated carbocycles. The molecule has 14 aromatic rings. The summed E-state index contributed by atoms with van der Waals surface area (Å²) in [6.07, 6.45) is 7.29. The van der Waals surface area contributed by atoms with Crippen LogP contribution in [0.15, 0.2) is 255 Å². The summed E-state index contributed by atoms with van der Waals surface area (Å²) in [5.74, 6) is 0.651. The SMILES string of the molecule is c1ccc(-c2nc3cc(-c4ccc(-c5nc(-c6ccc(-c7ccncc7)cc6)cc(-c6ccc(-c7ccncc7)cc6)n5)cc4)c4ccccc4c3c3c2ccc2c3c3ccccc3n2-c2ccccc2)cc1. The quantitative estimate of drug-likeness (QED) is 0.142. The maximum atomic E-state index is 5.62. The number of aromatic nitrogens is 6. The van der Waals surface area contributed by atoms with Crippen molar-refractivity contribution in [3.05, 3.63) is 255 Å². The van der Waals surface area contributed by atoms with Crippen molar-refractivity contribution in [1.82, 2.24) is 29.5 Å². The molecular weight excluding hydrogens is 889 g/mol. The second-order valence-corrected chi connectivity index (χ2v) is 18.4. The van der Waals surface area contributed by atoms with E-state index in [1.165, 1.54) is 21.7 Å². The molecule has 340 valence electrons. The van der Waals surface area contributed by atoms with Crippen LogP contribution in [0, 0.1) is 0 Å². The first-order valence-electron chi connectivity index (χ1n) is 24.5. The van der Waals surface area contributed by atoms with Gasteiger partial charge < -0.3 is 4.57 Å². The first-order chi connectivity index (χ1) is 36.2. The van der Waals surface area contributed by atoms with Gasteiger partial charge in [0.25, 0.3) is 0 Å². The Labute approximate surface area is 421 Å². The van der Waals surface area contributed by atoms with Gasteiger partial charge in [-0.05, 0) is 105 Å². The summed E-state index contributed by atoms with van der Waals surface area (Å²) < 4.78 is 2.40. The molecule has 0 spiro atoms. The van der Waals surface area contributed by atoms with Crippen LogP contribution in [-0.2, 0) is 0 Å². The highest BCUT2D eigenvalue weighted by Gasteiger charge is 2.22. The fraction of sp³-hybridized carbons (Fsp3) is 0. The molecule has 0 fully saturated rings. The van der Waals surface area contributed by atoms with E-state index in [2.05, 4.69) is 221 Å². The summed E-state index contributed by atoms with van der Waals surface area (Å²) in [4.78, 5) is 24.5. The summed E-state index contributed by atoms with van der Waals surface area (Å²) in [6.45, 7) is 0. The zero-order valence-electron chi connectivity index (χ0n) is 39.4. The highest BCUT2D eigenvalue weighted by Crippen LogP contribution is 2.46. The monoisotopic (exact) mass is 930 g/mol. The lowest BCUT2D eigenvalue weighted by Gasteiger charge is -2.17. The minimum Gasteiger partial charge on any atom is -0.309 e. The summed E-state index contributed by atoms with van der Waals surface area (Å²) in [6, 6.07) is 81.8. The molecule has 14 rings (SSSR count). The van der Waals surface area contributed by atoms with Crippen molar-refractivity contribution in [2.45, 2.75) is 0 Å². The molecule has 6 nitrogen and oxygen atoms in total. The van der Waals surface area contributed by atoms with Crippen molar-refractivity contribution < 1.29 is 0 Å². The molecule has 9 aromatic carbocycles. The number of pyridine rings is 3. The number of nitrogens with zero attached hydrogens (tertiary/aromatic N) is 6. The van der Waals surface area contributed by atoms with Gasteiger partial charge in [0.1, 0.15) is 0 Å². The minimum absolute atomic E-state index is 0.651. The van der Waals surface area contributed by atoms with Gasteiger partial charge in [0.15, 0.2) is 5.82 Å². The molecule has 0 saturated heterocycles. The smallest absolute Gasteiger partial charge is 0.160 e. The summed E-state index contributed by atoms with van der Waals surface area (Å²) >= 11 is 0. The zero-order chi connectivity index (χ0) is 48.2. The summed E-state index contributed by atoms with van der Waals surface area (Å²) in [5.41, 5.74) is 17.7. The fourth-order valence-corrected chi connectivity index (χ4v) is 10.7. The third-order valence-electron chi connectivity index (χ3n) is 14.2. The van der Waals surface area contributed by atoms with E-state index < -0.39 is 0 Å². The number of benzene rings is 9. The van der Waals surface area contributed by atoms with Gasteiger partial charge in [-0.2, -0.15) is 0 Å². The Morgan fingerprint density at radius 1 is 0.288 bits per heavy atom. The third kappa shape index (κ3) is 7.31. The summed E-state index contributed by atoms with van der Waals surface area (Å²) in [5, 5.41) is 8.23. The molecule has 0 aliphatic heterocycles. The molecule has 6 heteroatoms. The van der Waals surface area contributed by atoms with Crippen molar-refractivity contribution in [2.24, 2.45) is 0 Å². The average Bonchev–Trinajstić information content (AvgIpc) is 3.82. The topological polar surface area (TPSA) is 69.4 Å². The van der Waals surface area contributed by atoms with Crippen LogP contribution in [0.3, 0.4) is 0 Å². The number of hydrogen-bond donors (Lipinski definition) is 0. The van der Waals surface area contributed by atoms with E-state index in [9.17, 15) is 0 Å². The van der Waals surface area contributed by atoms with Crippen LogP contribution in [0.5, 0.6) is 0 Å². The van der Waals surface area contributed by atoms with Crippen molar-refractivity contribution in [3.63, 3.8) is 0 Å². The fourth-order valence-electron chi connectivity index (χ4n) is 10.7. The van der Waals surface area contributed by atoms with Gasteiger partial charge in [0.05, 0.1) is 33.6 Å². The molecular formula is C67H42N6. The lowest BCUT2D eigenvalue weighted by atomic mass is 9.90. The molecule has 0 atom stereocenters. The molecule has 0 amide bonds. The van der Waals surface area contributed by atoms with Gasteiger partial charge in [-0.15, -0.1) is 0 Å². The van der Waals surface area contributed by atoms with Gasteiger partial charge in [-0.25, -0.2) is 15.0 Å². The normalized spacial score (nSPS) is 11.6. The molecule has 0 aliphatic rings. The molecule has 0 aliphatic carbocycles. The lowest BCUT2D eigenvalue weighted by molar-refractivity contribution is 1.18. The van der Waals surface area contributed by atoms with Gasteiger partial charge in [0.2, 0.25) is 0 Å². The van der Waals surface area contributed by atoms with Gasteiger partial charge in [-0.3, -0.25) is 9.97 Å². The van der Waals surface area contributed by atoms with E-state index in [1.807, 2.05) is 49.1 Å². The predicted octanol–water partition coefficient (Wildman–Crippen LogP) is 16.9. The van der Waals surface area contributed by atoms with Crippen molar-refractivity contribution in [2.75, 3.05) is 0 Å². The predicted molar refractivity (Wildman–Crippen MR) is 300 cm³/mol. The average molecular weight is 931 g/mol. The Bertz CT molecular complexity index is 4270. The van der Waals surface area contributed by atoms with E-state index in [0.29, 0.717) is 5.82 Å². The largest absolute Gasteiger partial charge is 0.309 e. The van der Waals surface area contributed by atoms with Crippen LogP contribution in [-0.4, -0.2) is 29.5 Å². The Morgan fingerprint density at radius 2 is 0.795 bits per heavy atom. The van der Waals surface area contributed by atoms with Crippen LogP contribution < -0.4 is 0 Å². The van der Waals surface area contributed by atoms with Gasteiger partial charge >= 0.3 is 0 Å². The van der Waals surface area contributed by atoms with Crippen molar-refractivity contribution >= 4 is 54.3 Å². The molecule has 5 aromatic heterocycles. The minimum atomic E-state index is 0.651. The molecule has 0 unspecified atom stereocenters. The second kappa shape index (κ2) is 17.5. The number of fused-ring (bicyclic) bond motifs is 9. The van der Waals surface area contributed by atoms with E-state index >= 15 is 0 Å². The van der Waals surface area contributed by atoms with E-state index in [-0.39, 0.29) is 0 Å². The van der Waals surface area contributed by atoms with Gasteiger partial charge in [-0.1, -0.05) is 170 Å². The van der Waals surface area contributed by atoms with Crippen LogP contribution in [0.4, 0.5) is 0 Å². The number of para-hydroxylation sites is 2. The van der Waals surface area contributed by atoms with E-state index in [4.69, 9.17) is 15.0 Å². The van der Waals surface area contributed by atoms with E-state index in [0.717, 1.165) is 111 Å². The molecule has 73 heavy (non-hydrogen) atoms. The number of rotatable bonds is 8. The highest BCUT2D eigenvalue weighted by molar-refractivity contribution is 6.34. The lowest BCUT2D eigenvalue weighted by Crippen LogP contribution is -1.96. The summed E-state index contributed by atoms with van der Waals surface area (Å²) in [7, 11) is 0. The first kappa shape index (κ1) is 42.0. The highest BCUT2D eigenvalue weighted by atomic mass is 15.0. The molecule has 5 heterocycles.